The molecule has 0 fully saturated rings. The van der Waals surface area contributed by atoms with E-state index in [-0.39, 0.29) is 5.91 Å². The highest BCUT2D eigenvalue weighted by Crippen LogP contribution is 2.22. The molecule has 0 aliphatic heterocycles. The van der Waals surface area contributed by atoms with Gasteiger partial charge in [-0.05, 0) is 42.2 Å². The lowest BCUT2D eigenvalue weighted by molar-refractivity contribution is 0.0952. The topological polar surface area (TPSA) is 29.1 Å². The van der Waals surface area contributed by atoms with Crippen molar-refractivity contribution in [2.45, 2.75) is 30.9 Å². The Morgan fingerprint density at radius 2 is 1.73 bits per heavy atom. The normalized spacial score (nSPS) is 10.7. The van der Waals surface area contributed by atoms with Gasteiger partial charge in [-0.25, -0.2) is 0 Å². The Kier molecular flexibility index (Phi) is 6.53. The molecule has 2 rings (SSSR count). The minimum atomic E-state index is 0.0166. The number of carbonyl (C=O) groups is 1. The molecule has 0 bridgehead atoms. The Bertz CT molecular complexity index is 578. The van der Waals surface area contributed by atoms with Gasteiger partial charge in [0.2, 0.25) is 0 Å². The fourth-order valence-corrected chi connectivity index (χ4v) is 2.89. The molecule has 0 spiro atoms. The van der Waals surface area contributed by atoms with Gasteiger partial charge in [0.1, 0.15) is 0 Å². The summed E-state index contributed by atoms with van der Waals surface area (Å²) in [7, 11) is 0. The molecule has 0 aliphatic carbocycles. The predicted octanol–water partition coefficient (Wildman–Crippen LogP) is 4.75. The van der Waals surface area contributed by atoms with Crippen molar-refractivity contribution in [1.29, 1.82) is 0 Å². The van der Waals surface area contributed by atoms with Crippen molar-refractivity contribution >= 4 is 17.7 Å². The van der Waals surface area contributed by atoms with Crippen LogP contribution in [-0.4, -0.2) is 12.5 Å². The Balaban J connectivity index is 1.83. The van der Waals surface area contributed by atoms with E-state index in [1.165, 1.54) is 10.5 Å². The molecule has 0 heterocycles. The average molecular weight is 313 g/mol. The van der Waals surface area contributed by atoms with E-state index in [9.17, 15) is 4.79 Å². The Labute approximate surface area is 137 Å². The van der Waals surface area contributed by atoms with Gasteiger partial charge in [0.05, 0.1) is 0 Å². The summed E-state index contributed by atoms with van der Waals surface area (Å²) >= 11 is 1.80. The molecule has 2 aromatic carbocycles. The smallest absolute Gasteiger partial charge is 0.251 e. The SMILES string of the molecule is CC(C)CCNC(=O)c1ccc(CSc2ccccc2)cc1. The van der Waals surface area contributed by atoms with Gasteiger partial charge < -0.3 is 5.32 Å². The summed E-state index contributed by atoms with van der Waals surface area (Å²) in [5.41, 5.74) is 1.96. The fraction of sp³-hybridized carbons (Fsp3) is 0.316. The first-order valence-electron chi connectivity index (χ1n) is 7.70. The van der Waals surface area contributed by atoms with Crippen LogP contribution in [0.4, 0.5) is 0 Å². The monoisotopic (exact) mass is 313 g/mol. The maximum atomic E-state index is 12.0. The lowest BCUT2D eigenvalue weighted by Gasteiger charge is -2.08. The minimum absolute atomic E-state index is 0.0166. The zero-order valence-electron chi connectivity index (χ0n) is 13.2. The summed E-state index contributed by atoms with van der Waals surface area (Å²) in [6.45, 7) is 5.05. The molecule has 3 heteroatoms. The molecule has 1 N–H and O–H groups in total. The van der Waals surface area contributed by atoms with Crippen molar-refractivity contribution < 1.29 is 4.79 Å². The van der Waals surface area contributed by atoms with Gasteiger partial charge in [0.15, 0.2) is 0 Å². The highest BCUT2D eigenvalue weighted by Gasteiger charge is 2.05. The number of thioether (sulfide) groups is 1. The zero-order chi connectivity index (χ0) is 15.8. The molecule has 2 nitrogen and oxygen atoms in total. The van der Waals surface area contributed by atoms with E-state index >= 15 is 0 Å². The molecular formula is C19H23NOS. The molecule has 0 atom stereocenters. The van der Waals surface area contributed by atoms with Crippen molar-refractivity contribution in [2.24, 2.45) is 5.92 Å². The van der Waals surface area contributed by atoms with Crippen LogP contribution >= 0.6 is 11.8 Å². The molecule has 0 aromatic heterocycles. The van der Waals surface area contributed by atoms with Crippen molar-refractivity contribution in [1.82, 2.24) is 5.32 Å². The van der Waals surface area contributed by atoms with E-state index in [2.05, 4.69) is 31.3 Å². The first-order chi connectivity index (χ1) is 10.6. The second-order valence-electron chi connectivity index (χ2n) is 5.74. The third kappa shape index (κ3) is 5.57. The largest absolute Gasteiger partial charge is 0.352 e. The molecule has 116 valence electrons. The van der Waals surface area contributed by atoms with E-state index in [1.807, 2.05) is 42.5 Å². The van der Waals surface area contributed by atoms with Crippen LogP contribution in [0.3, 0.4) is 0 Å². The number of rotatable bonds is 7. The van der Waals surface area contributed by atoms with E-state index in [0.717, 1.165) is 24.3 Å². The van der Waals surface area contributed by atoms with Gasteiger partial charge >= 0.3 is 0 Å². The maximum Gasteiger partial charge on any atom is 0.251 e. The van der Waals surface area contributed by atoms with Crippen LogP contribution in [0.15, 0.2) is 59.5 Å². The Morgan fingerprint density at radius 3 is 2.36 bits per heavy atom. The summed E-state index contributed by atoms with van der Waals surface area (Å²) in [5, 5.41) is 2.96. The van der Waals surface area contributed by atoms with Gasteiger partial charge in [-0.1, -0.05) is 44.2 Å². The zero-order valence-corrected chi connectivity index (χ0v) is 14.0. The van der Waals surface area contributed by atoms with Gasteiger partial charge in [0, 0.05) is 22.8 Å². The van der Waals surface area contributed by atoms with Crippen LogP contribution in [-0.2, 0) is 5.75 Å². The van der Waals surface area contributed by atoms with E-state index in [0.29, 0.717) is 5.92 Å². The van der Waals surface area contributed by atoms with Crippen LogP contribution < -0.4 is 5.32 Å². The number of hydrogen-bond donors (Lipinski definition) is 1. The highest BCUT2D eigenvalue weighted by molar-refractivity contribution is 7.98. The molecular weight excluding hydrogens is 290 g/mol. The fourth-order valence-electron chi connectivity index (χ4n) is 2.01. The first-order valence-corrected chi connectivity index (χ1v) is 8.68. The molecule has 2 aromatic rings. The van der Waals surface area contributed by atoms with Crippen LogP contribution in [0.5, 0.6) is 0 Å². The summed E-state index contributed by atoms with van der Waals surface area (Å²) in [5.74, 6) is 1.54. The summed E-state index contributed by atoms with van der Waals surface area (Å²) in [6.07, 6.45) is 1.01. The summed E-state index contributed by atoms with van der Waals surface area (Å²) in [6, 6.07) is 18.2. The highest BCUT2D eigenvalue weighted by atomic mass is 32.2. The molecule has 0 saturated carbocycles. The average Bonchev–Trinajstić information content (AvgIpc) is 2.54. The molecule has 22 heavy (non-hydrogen) atoms. The first kappa shape index (κ1) is 16.6. The van der Waals surface area contributed by atoms with Gasteiger partial charge in [-0.15, -0.1) is 11.8 Å². The van der Waals surface area contributed by atoms with Crippen molar-refractivity contribution in [2.75, 3.05) is 6.54 Å². The number of nitrogens with one attached hydrogen (secondary N) is 1. The van der Waals surface area contributed by atoms with Crippen LogP contribution in [0.1, 0.15) is 36.2 Å². The number of carbonyl (C=O) groups excluding carboxylic acids is 1. The Morgan fingerprint density at radius 1 is 1.05 bits per heavy atom. The van der Waals surface area contributed by atoms with Crippen LogP contribution in [0.2, 0.25) is 0 Å². The number of benzene rings is 2. The van der Waals surface area contributed by atoms with Crippen molar-refractivity contribution in [3.05, 3.63) is 65.7 Å². The van der Waals surface area contributed by atoms with E-state index in [4.69, 9.17) is 0 Å². The molecule has 0 saturated heterocycles. The van der Waals surface area contributed by atoms with E-state index in [1.54, 1.807) is 11.8 Å². The molecule has 0 unspecified atom stereocenters. The van der Waals surface area contributed by atoms with Gasteiger partial charge in [-0.3, -0.25) is 4.79 Å². The maximum absolute atomic E-state index is 12.0. The summed E-state index contributed by atoms with van der Waals surface area (Å²) in [4.78, 5) is 13.3. The third-order valence-corrected chi connectivity index (χ3v) is 4.46. The molecule has 1 amide bonds. The standard InChI is InChI=1S/C19H23NOS/c1-15(2)12-13-20-19(21)17-10-8-16(9-11-17)14-22-18-6-4-3-5-7-18/h3-11,15H,12-14H2,1-2H3,(H,20,21). The van der Waals surface area contributed by atoms with Crippen LogP contribution in [0, 0.1) is 5.92 Å². The minimum Gasteiger partial charge on any atom is -0.352 e. The third-order valence-electron chi connectivity index (χ3n) is 3.37. The second kappa shape index (κ2) is 8.64. The van der Waals surface area contributed by atoms with Crippen molar-refractivity contribution in [3.63, 3.8) is 0 Å². The predicted molar refractivity (Wildman–Crippen MR) is 94.2 cm³/mol. The van der Waals surface area contributed by atoms with E-state index < -0.39 is 0 Å². The number of hydrogen-bond acceptors (Lipinski definition) is 2. The van der Waals surface area contributed by atoms with Gasteiger partial charge in [-0.2, -0.15) is 0 Å². The van der Waals surface area contributed by atoms with Crippen molar-refractivity contribution in [3.8, 4) is 0 Å². The molecule has 0 radical (unpaired) electrons. The Hall–Kier alpha value is -1.74. The lowest BCUT2D eigenvalue weighted by Crippen LogP contribution is -2.25. The molecule has 0 aliphatic rings. The summed E-state index contributed by atoms with van der Waals surface area (Å²) < 4.78 is 0. The second-order valence-corrected chi connectivity index (χ2v) is 6.79. The van der Waals surface area contributed by atoms with Gasteiger partial charge in [0.25, 0.3) is 5.91 Å². The van der Waals surface area contributed by atoms with Crippen LogP contribution in [0.25, 0.3) is 0 Å². The quantitative estimate of drug-likeness (QED) is 0.747. The lowest BCUT2D eigenvalue weighted by atomic mass is 10.1. The number of amides is 1.